The number of nitrogens with one attached hydrogen (secondary N) is 1. The van der Waals surface area contributed by atoms with Crippen LogP contribution >= 0.6 is 0 Å². The van der Waals surface area contributed by atoms with Crippen molar-refractivity contribution in [2.45, 2.75) is 20.8 Å². The van der Waals surface area contributed by atoms with Crippen molar-refractivity contribution in [2.75, 3.05) is 19.8 Å². The topological polar surface area (TPSA) is 38.3 Å². The van der Waals surface area contributed by atoms with Crippen molar-refractivity contribution in [3.63, 3.8) is 0 Å². The summed E-state index contributed by atoms with van der Waals surface area (Å²) in [6, 6.07) is 0. The molecular formula is C9H17NO2. The average molecular weight is 171 g/mol. The molecule has 0 unspecified atom stereocenters. The van der Waals surface area contributed by atoms with Gasteiger partial charge in [-0.05, 0) is 20.8 Å². The maximum absolute atomic E-state index is 10.9. The van der Waals surface area contributed by atoms with Crippen molar-refractivity contribution < 1.29 is 9.53 Å². The summed E-state index contributed by atoms with van der Waals surface area (Å²) in [5.74, 6) is -0.0608. The fourth-order valence-corrected chi connectivity index (χ4v) is 0.615. The van der Waals surface area contributed by atoms with E-state index in [1.165, 1.54) is 5.57 Å². The molecule has 0 aromatic heterocycles. The number of rotatable bonds is 5. The average Bonchev–Trinajstić information content (AvgIpc) is 2.00. The number of carbonyl (C=O) groups excluding carboxylic acids is 1. The lowest BCUT2D eigenvalue weighted by molar-refractivity contribution is -0.125. The van der Waals surface area contributed by atoms with Crippen LogP contribution in [0.4, 0.5) is 0 Å². The summed E-state index contributed by atoms with van der Waals surface area (Å²) in [5.41, 5.74) is 1.20. The second kappa shape index (κ2) is 6.85. The molecule has 0 saturated heterocycles. The minimum Gasteiger partial charge on any atom is -0.372 e. The van der Waals surface area contributed by atoms with E-state index in [4.69, 9.17) is 4.74 Å². The number of amides is 1. The molecule has 12 heavy (non-hydrogen) atoms. The molecule has 3 heteroatoms. The van der Waals surface area contributed by atoms with E-state index in [9.17, 15) is 4.79 Å². The molecule has 0 heterocycles. The molecule has 0 aliphatic carbocycles. The van der Waals surface area contributed by atoms with Crippen LogP contribution in [0, 0.1) is 0 Å². The van der Waals surface area contributed by atoms with Gasteiger partial charge in [-0.15, -0.1) is 0 Å². The maximum atomic E-state index is 10.9. The first-order valence-electron chi connectivity index (χ1n) is 4.14. The van der Waals surface area contributed by atoms with Crippen LogP contribution in [-0.2, 0) is 9.53 Å². The highest BCUT2D eigenvalue weighted by Crippen LogP contribution is 1.85. The van der Waals surface area contributed by atoms with E-state index < -0.39 is 0 Å². The van der Waals surface area contributed by atoms with Crippen LogP contribution in [0.15, 0.2) is 11.6 Å². The predicted molar refractivity (Wildman–Crippen MR) is 48.9 cm³/mol. The van der Waals surface area contributed by atoms with Gasteiger partial charge >= 0.3 is 0 Å². The summed E-state index contributed by atoms with van der Waals surface area (Å²) in [7, 11) is 0. The van der Waals surface area contributed by atoms with Crippen LogP contribution in [0.2, 0.25) is 0 Å². The van der Waals surface area contributed by atoms with Crippen molar-refractivity contribution in [1.29, 1.82) is 0 Å². The highest BCUT2D eigenvalue weighted by Gasteiger charge is 1.96. The third kappa shape index (κ3) is 7.28. The van der Waals surface area contributed by atoms with Crippen LogP contribution in [0.25, 0.3) is 0 Å². The van der Waals surface area contributed by atoms with Gasteiger partial charge in [-0.25, -0.2) is 0 Å². The Morgan fingerprint density at radius 1 is 1.50 bits per heavy atom. The van der Waals surface area contributed by atoms with E-state index in [1.807, 2.05) is 26.8 Å². The highest BCUT2D eigenvalue weighted by molar-refractivity contribution is 5.77. The second-order valence-corrected chi connectivity index (χ2v) is 2.72. The lowest BCUT2D eigenvalue weighted by Crippen LogP contribution is -2.27. The molecule has 0 spiro atoms. The Kier molecular flexibility index (Phi) is 6.38. The maximum Gasteiger partial charge on any atom is 0.246 e. The van der Waals surface area contributed by atoms with Crippen LogP contribution in [0.3, 0.4) is 0 Å². The molecule has 0 aliphatic rings. The van der Waals surface area contributed by atoms with Crippen LogP contribution < -0.4 is 5.32 Å². The first-order valence-corrected chi connectivity index (χ1v) is 4.14. The minimum absolute atomic E-state index is 0.0608. The summed E-state index contributed by atoms with van der Waals surface area (Å²) in [6.07, 6.45) is 1.96. The Labute approximate surface area is 73.8 Å². The Balaban J connectivity index is 3.38. The molecular weight excluding hydrogens is 154 g/mol. The first-order chi connectivity index (χ1) is 5.66. The van der Waals surface area contributed by atoms with E-state index >= 15 is 0 Å². The number of carbonyl (C=O) groups is 1. The molecule has 1 amide bonds. The summed E-state index contributed by atoms with van der Waals surface area (Å²) < 4.78 is 4.92. The lowest BCUT2D eigenvalue weighted by atomic mass is 10.3. The second-order valence-electron chi connectivity index (χ2n) is 2.72. The Morgan fingerprint density at radius 2 is 2.17 bits per heavy atom. The minimum atomic E-state index is -0.0608. The summed E-state index contributed by atoms with van der Waals surface area (Å²) in [4.78, 5) is 10.9. The fraction of sp³-hybridized carbons (Fsp3) is 0.667. The zero-order chi connectivity index (χ0) is 9.40. The molecule has 0 aromatic rings. The largest absolute Gasteiger partial charge is 0.372 e. The smallest absolute Gasteiger partial charge is 0.246 e. The van der Waals surface area contributed by atoms with Crippen molar-refractivity contribution >= 4 is 5.91 Å². The van der Waals surface area contributed by atoms with Crippen molar-refractivity contribution in [1.82, 2.24) is 5.32 Å². The molecule has 1 N–H and O–H groups in total. The predicted octanol–water partition coefficient (Wildman–Crippen LogP) is 1.11. The summed E-state index contributed by atoms with van der Waals surface area (Å²) >= 11 is 0. The number of hydrogen-bond acceptors (Lipinski definition) is 2. The molecule has 0 fully saturated rings. The van der Waals surface area contributed by atoms with Gasteiger partial charge < -0.3 is 10.1 Å². The van der Waals surface area contributed by atoms with Crippen LogP contribution in [0.1, 0.15) is 20.8 Å². The molecule has 3 nitrogen and oxygen atoms in total. The quantitative estimate of drug-likeness (QED) is 0.629. The number of ether oxygens (including phenoxy) is 1. The normalized spacial score (nSPS) is 9.25. The number of hydrogen-bond donors (Lipinski definition) is 1. The molecule has 0 bridgehead atoms. The van der Waals surface area contributed by atoms with Gasteiger partial charge in [0.05, 0.1) is 0 Å². The van der Waals surface area contributed by atoms with Crippen molar-refractivity contribution in [3.05, 3.63) is 11.6 Å². The Bertz CT molecular complexity index is 160. The van der Waals surface area contributed by atoms with Gasteiger partial charge in [0.2, 0.25) is 5.91 Å². The zero-order valence-corrected chi connectivity index (χ0v) is 8.02. The van der Waals surface area contributed by atoms with Gasteiger partial charge in [0.1, 0.15) is 6.61 Å². The fourth-order valence-electron chi connectivity index (χ4n) is 0.615. The van der Waals surface area contributed by atoms with Crippen molar-refractivity contribution in [2.24, 2.45) is 0 Å². The van der Waals surface area contributed by atoms with E-state index in [2.05, 4.69) is 5.32 Å². The lowest BCUT2D eigenvalue weighted by Gasteiger charge is -2.01. The molecule has 0 aliphatic heterocycles. The standard InChI is InChI=1S/C9H17NO2/c1-4-12-7-9(11)10-6-5-8(2)3/h5H,4,6-7H2,1-3H3,(H,10,11). The third-order valence-electron chi connectivity index (χ3n) is 1.25. The SMILES string of the molecule is CCOCC(=O)NCC=C(C)C. The zero-order valence-electron chi connectivity index (χ0n) is 8.02. The third-order valence-corrected chi connectivity index (χ3v) is 1.25. The van der Waals surface area contributed by atoms with Crippen molar-refractivity contribution in [3.8, 4) is 0 Å². The number of allylic oxidation sites excluding steroid dienone is 1. The molecule has 0 saturated carbocycles. The first kappa shape index (κ1) is 11.2. The van der Waals surface area contributed by atoms with E-state index in [0.717, 1.165) is 0 Å². The van der Waals surface area contributed by atoms with Gasteiger partial charge in [0.15, 0.2) is 0 Å². The van der Waals surface area contributed by atoms with Crippen LogP contribution in [-0.4, -0.2) is 25.7 Å². The highest BCUT2D eigenvalue weighted by atomic mass is 16.5. The van der Waals surface area contributed by atoms with Gasteiger partial charge in [0.25, 0.3) is 0 Å². The molecule has 0 atom stereocenters. The molecule has 0 rings (SSSR count). The van der Waals surface area contributed by atoms with E-state index in [0.29, 0.717) is 13.2 Å². The molecule has 70 valence electrons. The molecule has 0 aromatic carbocycles. The van der Waals surface area contributed by atoms with Gasteiger partial charge in [0, 0.05) is 13.2 Å². The van der Waals surface area contributed by atoms with E-state index in [-0.39, 0.29) is 12.5 Å². The Hall–Kier alpha value is -0.830. The van der Waals surface area contributed by atoms with E-state index in [1.54, 1.807) is 0 Å². The monoisotopic (exact) mass is 171 g/mol. The van der Waals surface area contributed by atoms with Gasteiger partial charge in [-0.2, -0.15) is 0 Å². The Morgan fingerprint density at radius 3 is 2.67 bits per heavy atom. The van der Waals surface area contributed by atoms with Gasteiger partial charge in [-0.1, -0.05) is 11.6 Å². The summed E-state index contributed by atoms with van der Waals surface area (Å²) in [5, 5.41) is 2.71. The summed E-state index contributed by atoms with van der Waals surface area (Å²) in [6.45, 7) is 7.18. The van der Waals surface area contributed by atoms with Gasteiger partial charge in [-0.3, -0.25) is 4.79 Å². The van der Waals surface area contributed by atoms with Crippen LogP contribution in [0.5, 0.6) is 0 Å². The molecule has 0 radical (unpaired) electrons.